The molecule has 8 heteroatoms. The minimum atomic E-state index is -0.741. The summed E-state index contributed by atoms with van der Waals surface area (Å²) in [6.07, 6.45) is 1.74. The van der Waals surface area contributed by atoms with Gasteiger partial charge >= 0.3 is 11.9 Å². The van der Waals surface area contributed by atoms with E-state index in [4.69, 9.17) is 9.47 Å². The van der Waals surface area contributed by atoms with E-state index in [1.54, 1.807) is 20.8 Å². The Balaban J connectivity index is 2.48. The van der Waals surface area contributed by atoms with Crippen LogP contribution in [0.5, 0.6) is 0 Å². The monoisotopic (exact) mass is 380 g/mol. The highest BCUT2D eigenvalue weighted by Crippen LogP contribution is 2.28. The normalized spacial score (nSPS) is 12.4. The minimum Gasteiger partial charge on any atom is -0.464 e. The summed E-state index contributed by atoms with van der Waals surface area (Å²) >= 11 is 1.13. The number of nitrogens with zero attached hydrogens (tertiary/aromatic N) is 2. The van der Waals surface area contributed by atoms with E-state index >= 15 is 0 Å². The number of carbonyl (C=O) groups excluding carboxylic acids is 2. The lowest BCUT2D eigenvalue weighted by atomic mass is 10.2. The Morgan fingerprint density at radius 3 is 2.54 bits per heavy atom. The zero-order chi connectivity index (χ0) is 19.4. The molecule has 0 amide bonds. The highest BCUT2D eigenvalue weighted by atomic mass is 32.1. The molecule has 0 spiro atoms. The van der Waals surface area contributed by atoms with Gasteiger partial charge in [-0.05, 0) is 31.7 Å². The fraction of sp³-hybridized carbons (Fsp3) is 0.556. The summed E-state index contributed by atoms with van der Waals surface area (Å²) in [6.45, 7) is 9.66. The first-order valence-electron chi connectivity index (χ1n) is 8.65. The van der Waals surface area contributed by atoms with Crippen LogP contribution >= 0.6 is 11.3 Å². The van der Waals surface area contributed by atoms with Crippen LogP contribution in [0.25, 0.3) is 10.2 Å². The first-order valence-corrected chi connectivity index (χ1v) is 9.47. The molecule has 0 saturated heterocycles. The van der Waals surface area contributed by atoms with Gasteiger partial charge in [-0.3, -0.25) is 9.36 Å². The molecule has 0 fully saturated rings. The molecule has 1 atom stereocenters. The van der Waals surface area contributed by atoms with Gasteiger partial charge in [0.15, 0.2) is 0 Å². The Kier molecular flexibility index (Phi) is 6.52. The smallest absolute Gasteiger partial charge is 0.348 e. The third kappa shape index (κ3) is 3.95. The molecule has 2 aromatic rings. The van der Waals surface area contributed by atoms with Crippen molar-refractivity contribution in [1.82, 2.24) is 9.55 Å². The summed E-state index contributed by atoms with van der Waals surface area (Å²) in [5.41, 5.74) is 0.177. The first-order chi connectivity index (χ1) is 12.3. The van der Waals surface area contributed by atoms with Crippen LogP contribution in [0, 0.1) is 12.8 Å². The van der Waals surface area contributed by atoms with Gasteiger partial charge in [0.1, 0.15) is 15.7 Å². The third-order valence-corrected chi connectivity index (χ3v) is 5.07. The molecular formula is C18H24N2O5S. The van der Waals surface area contributed by atoms with Crippen molar-refractivity contribution in [2.24, 2.45) is 5.92 Å². The maximum atomic E-state index is 12.9. The van der Waals surface area contributed by atoms with Crippen LogP contribution in [0.4, 0.5) is 0 Å². The second-order valence-corrected chi connectivity index (χ2v) is 7.36. The van der Waals surface area contributed by atoms with Crippen molar-refractivity contribution < 1.29 is 19.1 Å². The molecule has 0 aliphatic rings. The highest BCUT2D eigenvalue weighted by Gasteiger charge is 2.25. The topological polar surface area (TPSA) is 87.5 Å². The molecule has 0 aromatic carbocycles. The van der Waals surface area contributed by atoms with E-state index in [1.807, 2.05) is 13.8 Å². The summed E-state index contributed by atoms with van der Waals surface area (Å²) in [5.74, 6) is -0.704. The Hall–Kier alpha value is -2.22. The lowest BCUT2D eigenvalue weighted by molar-refractivity contribution is -0.147. The number of ether oxygens (including phenoxy) is 2. The van der Waals surface area contributed by atoms with Crippen LogP contribution in [0.2, 0.25) is 0 Å². The predicted octanol–water partition coefficient (Wildman–Crippen LogP) is 3.09. The molecule has 26 heavy (non-hydrogen) atoms. The molecule has 0 aliphatic heterocycles. The number of fused-ring (bicyclic) bond motifs is 1. The van der Waals surface area contributed by atoms with Crippen LogP contribution in [0.3, 0.4) is 0 Å². The second kappa shape index (κ2) is 8.44. The van der Waals surface area contributed by atoms with Gasteiger partial charge in [0.05, 0.1) is 24.9 Å². The summed E-state index contributed by atoms with van der Waals surface area (Å²) in [5, 5.41) is 0.344. The van der Waals surface area contributed by atoms with Crippen LogP contribution < -0.4 is 5.56 Å². The van der Waals surface area contributed by atoms with Gasteiger partial charge in [0, 0.05) is 0 Å². The Bertz CT molecular complexity index is 868. The molecule has 2 rings (SSSR count). The Morgan fingerprint density at radius 1 is 1.27 bits per heavy atom. The summed E-state index contributed by atoms with van der Waals surface area (Å²) < 4.78 is 11.6. The van der Waals surface area contributed by atoms with E-state index in [0.29, 0.717) is 33.7 Å². The standard InChI is InChI=1S/C18H24N2O5S/c1-6-12(17(22)24-7-2)20-9-19-15-13(16(20)21)11(5)14(26-15)18(23)25-8-10(3)4/h9-10,12H,6-8H2,1-5H3. The van der Waals surface area contributed by atoms with Crippen LogP contribution in [-0.2, 0) is 14.3 Å². The number of thiophene rings is 1. The number of aryl methyl sites for hydroxylation is 1. The lowest BCUT2D eigenvalue weighted by Gasteiger charge is -2.16. The number of carbonyl (C=O) groups is 2. The van der Waals surface area contributed by atoms with Gasteiger partial charge in [0.25, 0.3) is 5.56 Å². The van der Waals surface area contributed by atoms with Gasteiger partial charge in [-0.2, -0.15) is 0 Å². The predicted molar refractivity (Wildman–Crippen MR) is 99.7 cm³/mol. The molecule has 0 bridgehead atoms. The van der Waals surface area contributed by atoms with Crippen molar-refractivity contribution in [1.29, 1.82) is 0 Å². The summed E-state index contributed by atoms with van der Waals surface area (Å²) in [4.78, 5) is 42.5. The van der Waals surface area contributed by atoms with Crippen molar-refractivity contribution in [3.8, 4) is 0 Å². The average molecular weight is 380 g/mol. The Labute approximate surface area is 155 Å². The van der Waals surface area contributed by atoms with E-state index in [-0.39, 0.29) is 18.1 Å². The number of aromatic nitrogens is 2. The molecule has 0 N–H and O–H groups in total. The SMILES string of the molecule is CCOC(=O)C(CC)n1cnc2sc(C(=O)OCC(C)C)c(C)c2c1=O. The lowest BCUT2D eigenvalue weighted by Crippen LogP contribution is -2.31. The van der Waals surface area contributed by atoms with E-state index in [0.717, 1.165) is 11.3 Å². The molecular weight excluding hydrogens is 356 g/mol. The molecule has 7 nitrogen and oxygen atoms in total. The van der Waals surface area contributed by atoms with Gasteiger partial charge in [-0.25, -0.2) is 14.6 Å². The van der Waals surface area contributed by atoms with Crippen molar-refractivity contribution in [2.75, 3.05) is 13.2 Å². The van der Waals surface area contributed by atoms with Crippen molar-refractivity contribution >= 4 is 33.5 Å². The zero-order valence-electron chi connectivity index (χ0n) is 15.7. The van der Waals surface area contributed by atoms with Crippen molar-refractivity contribution in [3.63, 3.8) is 0 Å². The molecule has 0 aliphatic carbocycles. The molecule has 0 radical (unpaired) electrons. The number of hydrogen-bond acceptors (Lipinski definition) is 7. The van der Waals surface area contributed by atoms with Crippen molar-refractivity contribution in [3.05, 3.63) is 27.1 Å². The number of esters is 2. The molecule has 2 aromatic heterocycles. The first kappa shape index (κ1) is 20.1. The maximum absolute atomic E-state index is 12.9. The van der Waals surface area contributed by atoms with E-state index < -0.39 is 18.0 Å². The summed E-state index contributed by atoms with van der Waals surface area (Å²) in [7, 11) is 0. The average Bonchev–Trinajstić information content (AvgIpc) is 2.93. The van der Waals surface area contributed by atoms with Crippen LogP contribution in [0.15, 0.2) is 11.1 Å². The largest absolute Gasteiger partial charge is 0.464 e. The molecule has 142 valence electrons. The van der Waals surface area contributed by atoms with Crippen molar-refractivity contribution in [2.45, 2.75) is 47.1 Å². The second-order valence-electron chi connectivity index (χ2n) is 6.36. The third-order valence-electron chi connectivity index (χ3n) is 3.89. The number of rotatable bonds is 7. The maximum Gasteiger partial charge on any atom is 0.348 e. The fourth-order valence-electron chi connectivity index (χ4n) is 2.58. The van der Waals surface area contributed by atoms with E-state index in [9.17, 15) is 14.4 Å². The van der Waals surface area contributed by atoms with Gasteiger partial charge in [-0.1, -0.05) is 20.8 Å². The van der Waals surface area contributed by atoms with E-state index in [2.05, 4.69) is 4.98 Å². The molecule has 1 unspecified atom stereocenters. The molecule has 0 saturated carbocycles. The minimum absolute atomic E-state index is 0.221. The van der Waals surface area contributed by atoms with Gasteiger partial charge in [-0.15, -0.1) is 11.3 Å². The fourth-order valence-corrected chi connectivity index (χ4v) is 3.61. The highest BCUT2D eigenvalue weighted by molar-refractivity contribution is 7.20. The zero-order valence-corrected chi connectivity index (χ0v) is 16.5. The molecule has 2 heterocycles. The quantitative estimate of drug-likeness (QED) is 0.686. The van der Waals surface area contributed by atoms with Crippen LogP contribution in [-0.4, -0.2) is 34.7 Å². The Morgan fingerprint density at radius 2 is 1.96 bits per heavy atom. The summed E-state index contributed by atoms with van der Waals surface area (Å²) in [6, 6.07) is -0.741. The van der Waals surface area contributed by atoms with Gasteiger partial charge in [0.2, 0.25) is 0 Å². The number of hydrogen-bond donors (Lipinski definition) is 0. The van der Waals surface area contributed by atoms with Gasteiger partial charge < -0.3 is 9.47 Å². The van der Waals surface area contributed by atoms with Crippen LogP contribution in [0.1, 0.15) is 55.4 Å². The van der Waals surface area contributed by atoms with E-state index in [1.165, 1.54) is 10.9 Å².